The molecule has 2 aromatic rings. The SMILES string of the molecule is C=CC(=O)Nc1cc2c(c(NC3=NC(Nc4ccccc4C(=O)NC)C(Cl)C=N3)c1)CCC2. The molecule has 4 rings (SSSR count). The van der Waals surface area contributed by atoms with Gasteiger partial charge in [0, 0.05) is 30.3 Å². The molecular formula is C24H25ClN6O2. The first-order valence-electron chi connectivity index (χ1n) is 10.7. The van der Waals surface area contributed by atoms with Crippen LogP contribution in [0.25, 0.3) is 0 Å². The Balaban J connectivity index is 1.59. The van der Waals surface area contributed by atoms with E-state index in [0.717, 1.165) is 24.9 Å². The van der Waals surface area contributed by atoms with Crippen molar-refractivity contribution >= 4 is 52.7 Å². The Morgan fingerprint density at radius 1 is 1.18 bits per heavy atom. The van der Waals surface area contributed by atoms with Gasteiger partial charge >= 0.3 is 0 Å². The summed E-state index contributed by atoms with van der Waals surface area (Å²) in [5.41, 5.74) is 5.03. The minimum absolute atomic E-state index is 0.204. The van der Waals surface area contributed by atoms with E-state index in [9.17, 15) is 9.59 Å². The molecule has 9 heteroatoms. The third-order valence-corrected chi connectivity index (χ3v) is 5.87. The first-order valence-corrected chi connectivity index (χ1v) is 11.1. The van der Waals surface area contributed by atoms with Crippen molar-refractivity contribution < 1.29 is 9.59 Å². The van der Waals surface area contributed by atoms with Crippen LogP contribution in [0.1, 0.15) is 27.9 Å². The Morgan fingerprint density at radius 2 is 2.00 bits per heavy atom. The number of hydrogen-bond acceptors (Lipinski definition) is 6. The molecule has 0 saturated heterocycles. The highest BCUT2D eigenvalue weighted by atomic mass is 35.5. The zero-order valence-electron chi connectivity index (χ0n) is 18.2. The van der Waals surface area contributed by atoms with Crippen molar-refractivity contribution in [1.29, 1.82) is 0 Å². The second-order valence-corrected chi connectivity index (χ2v) is 8.23. The van der Waals surface area contributed by atoms with Crippen LogP contribution in [0.3, 0.4) is 0 Å². The van der Waals surface area contributed by atoms with E-state index in [2.05, 4.69) is 37.8 Å². The van der Waals surface area contributed by atoms with E-state index in [1.54, 1.807) is 31.5 Å². The summed E-state index contributed by atoms with van der Waals surface area (Å²) >= 11 is 6.45. The molecule has 1 aliphatic heterocycles. The molecule has 0 fully saturated rings. The lowest BCUT2D eigenvalue weighted by molar-refractivity contribution is -0.111. The van der Waals surface area contributed by atoms with Crippen LogP contribution in [-0.2, 0) is 17.6 Å². The van der Waals surface area contributed by atoms with Gasteiger partial charge in [0.1, 0.15) is 11.5 Å². The maximum Gasteiger partial charge on any atom is 0.253 e. The summed E-state index contributed by atoms with van der Waals surface area (Å²) in [7, 11) is 1.58. The quantitative estimate of drug-likeness (QED) is 0.387. The Kier molecular flexibility index (Phi) is 6.74. The molecule has 0 saturated carbocycles. The number of fused-ring (bicyclic) bond motifs is 1. The molecule has 0 spiro atoms. The van der Waals surface area contributed by atoms with Crippen LogP contribution < -0.4 is 21.3 Å². The van der Waals surface area contributed by atoms with Crippen molar-refractivity contribution in [3.8, 4) is 0 Å². The minimum Gasteiger partial charge on any atom is -0.362 e. The fraction of sp³-hybridized carbons (Fsp3) is 0.250. The van der Waals surface area contributed by atoms with Gasteiger partial charge in [-0.15, -0.1) is 11.6 Å². The lowest BCUT2D eigenvalue weighted by Crippen LogP contribution is -2.35. The predicted octanol–water partition coefficient (Wildman–Crippen LogP) is 3.56. The smallest absolute Gasteiger partial charge is 0.253 e. The Hall–Kier alpha value is -3.65. The van der Waals surface area contributed by atoms with Crippen LogP contribution in [0.5, 0.6) is 0 Å². The summed E-state index contributed by atoms with van der Waals surface area (Å²) in [4.78, 5) is 33.0. The van der Waals surface area contributed by atoms with Gasteiger partial charge in [-0.05, 0) is 60.7 Å². The number of carbonyl (C=O) groups is 2. The second kappa shape index (κ2) is 9.87. The molecule has 2 amide bonds. The number of rotatable bonds is 6. The van der Waals surface area contributed by atoms with E-state index in [0.29, 0.717) is 22.9 Å². The number of nitrogens with one attached hydrogen (secondary N) is 4. The zero-order valence-corrected chi connectivity index (χ0v) is 18.9. The zero-order chi connectivity index (χ0) is 23.4. The molecule has 170 valence electrons. The number of benzene rings is 2. The van der Waals surface area contributed by atoms with Crippen LogP contribution in [0.15, 0.2) is 59.0 Å². The van der Waals surface area contributed by atoms with Gasteiger partial charge in [0.15, 0.2) is 0 Å². The molecule has 33 heavy (non-hydrogen) atoms. The van der Waals surface area contributed by atoms with E-state index >= 15 is 0 Å². The summed E-state index contributed by atoms with van der Waals surface area (Å²) in [6.07, 6.45) is 5.24. The number of amides is 2. The highest BCUT2D eigenvalue weighted by molar-refractivity contribution is 6.30. The largest absolute Gasteiger partial charge is 0.362 e. The summed E-state index contributed by atoms with van der Waals surface area (Å²) in [5.74, 6) is -0.0796. The van der Waals surface area contributed by atoms with Gasteiger partial charge in [0.05, 0.1) is 5.56 Å². The van der Waals surface area contributed by atoms with E-state index in [4.69, 9.17) is 11.6 Å². The minimum atomic E-state index is -0.533. The fourth-order valence-corrected chi connectivity index (χ4v) is 4.12. The number of para-hydroxylation sites is 1. The van der Waals surface area contributed by atoms with Gasteiger partial charge in [-0.3, -0.25) is 9.59 Å². The molecule has 1 heterocycles. The lowest BCUT2D eigenvalue weighted by atomic mass is 10.1. The lowest BCUT2D eigenvalue weighted by Gasteiger charge is -2.24. The highest BCUT2D eigenvalue weighted by Crippen LogP contribution is 2.33. The molecule has 0 bridgehead atoms. The van der Waals surface area contributed by atoms with Gasteiger partial charge in [-0.2, -0.15) is 0 Å². The maximum absolute atomic E-state index is 12.2. The monoisotopic (exact) mass is 464 g/mol. The van der Waals surface area contributed by atoms with Crippen LogP contribution in [-0.4, -0.2) is 42.6 Å². The normalized spacial score (nSPS) is 18.7. The van der Waals surface area contributed by atoms with Crippen LogP contribution in [0.2, 0.25) is 0 Å². The molecule has 2 unspecified atom stereocenters. The topological polar surface area (TPSA) is 107 Å². The molecule has 2 aromatic carbocycles. The van der Waals surface area contributed by atoms with Crippen LogP contribution in [0, 0.1) is 0 Å². The van der Waals surface area contributed by atoms with Crippen molar-refractivity contribution in [2.75, 3.05) is 23.0 Å². The second-order valence-electron chi connectivity index (χ2n) is 7.72. The van der Waals surface area contributed by atoms with Gasteiger partial charge in [0.2, 0.25) is 11.9 Å². The number of aryl methyl sites for hydroxylation is 1. The summed E-state index contributed by atoms with van der Waals surface area (Å²) in [6.45, 7) is 3.51. The van der Waals surface area contributed by atoms with Gasteiger partial charge in [-0.25, -0.2) is 9.98 Å². The number of aliphatic imine (C=N–C) groups is 2. The average molecular weight is 465 g/mol. The van der Waals surface area contributed by atoms with Gasteiger partial charge in [-0.1, -0.05) is 18.7 Å². The molecule has 4 N–H and O–H groups in total. The van der Waals surface area contributed by atoms with Crippen molar-refractivity contribution in [2.45, 2.75) is 30.8 Å². The molecular weight excluding hydrogens is 440 g/mol. The standard InChI is InChI=1S/C24H25ClN6O2/c1-3-21(32)28-15-11-14-7-6-9-16(14)20(12-15)30-24-27-13-18(25)22(31-24)29-19-10-5-4-8-17(19)23(33)26-2/h3-5,8,10-13,18,22,29H,1,6-7,9H2,2H3,(H,26,33)(H,28,32)(H,30,31). The molecule has 0 radical (unpaired) electrons. The van der Waals surface area contributed by atoms with Crippen molar-refractivity contribution in [1.82, 2.24) is 5.32 Å². The van der Waals surface area contributed by atoms with E-state index in [-0.39, 0.29) is 11.8 Å². The van der Waals surface area contributed by atoms with Gasteiger partial charge < -0.3 is 21.3 Å². The number of hydrogen-bond donors (Lipinski definition) is 4. The summed E-state index contributed by atoms with van der Waals surface area (Å²) < 4.78 is 0. The average Bonchev–Trinajstić information content (AvgIpc) is 3.30. The number of alkyl halides is 1. The molecule has 2 aliphatic rings. The van der Waals surface area contributed by atoms with Crippen LogP contribution in [0.4, 0.5) is 17.1 Å². The number of nitrogens with zero attached hydrogens (tertiary/aromatic N) is 2. The van der Waals surface area contributed by atoms with Gasteiger partial charge in [0.25, 0.3) is 5.91 Å². The van der Waals surface area contributed by atoms with E-state index in [1.165, 1.54) is 17.2 Å². The number of anilines is 3. The molecule has 1 aliphatic carbocycles. The van der Waals surface area contributed by atoms with Crippen LogP contribution >= 0.6 is 11.6 Å². The number of guanidine groups is 1. The van der Waals surface area contributed by atoms with Crippen molar-refractivity contribution in [3.05, 3.63) is 65.7 Å². The number of halogens is 1. The van der Waals surface area contributed by atoms with Crippen molar-refractivity contribution in [2.24, 2.45) is 9.98 Å². The first-order chi connectivity index (χ1) is 16.0. The highest BCUT2D eigenvalue weighted by Gasteiger charge is 2.24. The third kappa shape index (κ3) is 5.06. The fourth-order valence-electron chi connectivity index (χ4n) is 3.94. The first kappa shape index (κ1) is 22.5. The Labute approximate surface area is 197 Å². The number of carbonyl (C=O) groups excluding carboxylic acids is 2. The predicted molar refractivity (Wildman–Crippen MR) is 134 cm³/mol. The third-order valence-electron chi connectivity index (χ3n) is 5.52. The summed E-state index contributed by atoms with van der Waals surface area (Å²) in [6, 6.07) is 11.0. The summed E-state index contributed by atoms with van der Waals surface area (Å²) in [5, 5.41) is 11.5. The molecule has 2 atom stereocenters. The Bertz CT molecular complexity index is 1160. The maximum atomic E-state index is 12.2. The van der Waals surface area contributed by atoms with E-state index in [1.807, 2.05) is 18.2 Å². The van der Waals surface area contributed by atoms with Crippen molar-refractivity contribution in [3.63, 3.8) is 0 Å². The van der Waals surface area contributed by atoms with E-state index < -0.39 is 11.5 Å². The Morgan fingerprint density at radius 3 is 2.79 bits per heavy atom. The molecule has 8 nitrogen and oxygen atoms in total. The molecule has 0 aromatic heterocycles.